The Morgan fingerprint density at radius 2 is 1.95 bits per heavy atom. The topological polar surface area (TPSA) is 59.1 Å². The lowest BCUT2D eigenvalue weighted by atomic mass is 10.1. The molecule has 0 fully saturated rings. The zero-order valence-electron chi connectivity index (χ0n) is 12.2. The molecule has 0 unspecified atom stereocenters. The fraction of sp³-hybridized carbons (Fsp3) is 0.333. The molecule has 6 heteroatoms. The number of nitrogens with zero attached hydrogens (tertiary/aromatic N) is 2. The van der Waals surface area contributed by atoms with Crippen molar-refractivity contribution in [3.05, 3.63) is 40.5 Å². The van der Waals surface area contributed by atoms with Gasteiger partial charge in [0.1, 0.15) is 11.6 Å². The third-order valence-electron chi connectivity index (χ3n) is 2.94. The maximum Gasteiger partial charge on any atom is 0.224 e. The van der Waals surface area contributed by atoms with E-state index in [1.54, 1.807) is 13.3 Å². The highest BCUT2D eigenvalue weighted by molar-refractivity contribution is 9.10. The molecule has 0 atom stereocenters. The zero-order chi connectivity index (χ0) is 15.1. The van der Waals surface area contributed by atoms with Crippen molar-refractivity contribution in [1.29, 1.82) is 0 Å². The molecule has 0 aliphatic carbocycles. The third-order valence-corrected chi connectivity index (χ3v) is 3.52. The molecule has 2 rings (SSSR count). The summed E-state index contributed by atoms with van der Waals surface area (Å²) >= 11 is 3.46. The maximum absolute atomic E-state index is 5.15. The number of methoxy groups -OCH3 is 1. The van der Waals surface area contributed by atoms with Crippen LogP contribution in [0.1, 0.15) is 12.5 Å². The number of ether oxygens (including phenoxy) is 1. The van der Waals surface area contributed by atoms with Gasteiger partial charge in [0.15, 0.2) is 0 Å². The molecule has 0 amide bonds. The maximum atomic E-state index is 5.15. The highest BCUT2D eigenvalue weighted by atomic mass is 79.9. The van der Waals surface area contributed by atoms with Crippen LogP contribution in [-0.2, 0) is 6.42 Å². The summed E-state index contributed by atoms with van der Waals surface area (Å²) in [6.07, 6.45) is 2.66. The molecule has 1 aromatic heterocycles. The van der Waals surface area contributed by atoms with E-state index in [1.807, 2.05) is 19.1 Å². The van der Waals surface area contributed by atoms with Crippen molar-refractivity contribution in [3.63, 3.8) is 0 Å². The second-order valence-corrected chi connectivity index (χ2v) is 5.30. The van der Waals surface area contributed by atoms with Gasteiger partial charge in [0, 0.05) is 19.3 Å². The van der Waals surface area contributed by atoms with Gasteiger partial charge in [-0.2, -0.15) is 4.98 Å². The van der Waals surface area contributed by atoms with E-state index in [-0.39, 0.29) is 0 Å². The molecule has 0 saturated carbocycles. The van der Waals surface area contributed by atoms with E-state index in [0.717, 1.165) is 35.6 Å². The molecule has 21 heavy (non-hydrogen) atoms. The lowest BCUT2D eigenvalue weighted by molar-refractivity contribution is 0.414. The molecular weight excluding hydrogens is 332 g/mol. The SMILES string of the molecule is CCNc1ncc(Br)c(NCCc2ccc(OC)cc2)n1. The molecule has 0 saturated heterocycles. The van der Waals surface area contributed by atoms with Crippen LogP contribution in [0.2, 0.25) is 0 Å². The number of nitrogens with one attached hydrogen (secondary N) is 2. The number of benzene rings is 1. The molecule has 0 spiro atoms. The van der Waals surface area contributed by atoms with Crippen LogP contribution in [0.25, 0.3) is 0 Å². The minimum Gasteiger partial charge on any atom is -0.497 e. The molecule has 0 aliphatic heterocycles. The average molecular weight is 351 g/mol. The first-order valence-corrected chi connectivity index (χ1v) is 7.65. The Balaban J connectivity index is 1.91. The first-order chi connectivity index (χ1) is 10.2. The summed E-state index contributed by atoms with van der Waals surface area (Å²) in [5, 5.41) is 6.42. The molecular formula is C15H19BrN4O. The van der Waals surface area contributed by atoms with Gasteiger partial charge in [-0.05, 0) is 47.0 Å². The normalized spacial score (nSPS) is 10.2. The Morgan fingerprint density at radius 3 is 2.62 bits per heavy atom. The second kappa shape index (κ2) is 7.83. The Kier molecular flexibility index (Phi) is 5.80. The van der Waals surface area contributed by atoms with Crippen LogP contribution in [0.4, 0.5) is 11.8 Å². The molecule has 112 valence electrons. The number of hydrogen-bond acceptors (Lipinski definition) is 5. The number of halogens is 1. The molecule has 2 N–H and O–H groups in total. The monoisotopic (exact) mass is 350 g/mol. The molecule has 2 aromatic rings. The Bertz CT molecular complexity index is 574. The Labute approximate surface area is 133 Å². The van der Waals surface area contributed by atoms with Crippen molar-refractivity contribution in [3.8, 4) is 5.75 Å². The lowest BCUT2D eigenvalue weighted by Crippen LogP contribution is -2.09. The highest BCUT2D eigenvalue weighted by Gasteiger charge is 2.04. The average Bonchev–Trinajstić information content (AvgIpc) is 2.51. The predicted octanol–water partition coefficient (Wildman–Crippen LogP) is 3.33. The van der Waals surface area contributed by atoms with E-state index in [4.69, 9.17) is 4.74 Å². The quantitative estimate of drug-likeness (QED) is 0.801. The summed E-state index contributed by atoms with van der Waals surface area (Å²) in [4.78, 5) is 8.61. The summed E-state index contributed by atoms with van der Waals surface area (Å²) in [5.74, 6) is 2.31. The van der Waals surface area contributed by atoms with Gasteiger partial charge in [-0.3, -0.25) is 0 Å². The molecule has 1 aromatic carbocycles. The first kappa shape index (κ1) is 15.6. The highest BCUT2D eigenvalue weighted by Crippen LogP contribution is 2.20. The number of hydrogen-bond donors (Lipinski definition) is 2. The van der Waals surface area contributed by atoms with Gasteiger partial charge < -0.3 is 15.4 Å². The van der Waals surface area contributed by atoms with Gasteiger partial charge in [0.25, 0.3) is 0 Å². The number of anilines is 2. The molecule has 0 radical (unpaired) electrons. The van der Waals surface area contributed by atoms with Gasteiger partial charge in [-0.1, -0.05) is 12.1 Å². The largest absolute Gasteiger partial charge is 0.497 e. The minimum absolute atomic E-state index is 0.632. The molecule has 0 aliphatic rings. The number of aromatic nitrogens is 2. The predicted molar refractivity (Wildman–Crippen MR) is 89.1 cm³/mol. The van der Waals surface area contributed by atoms with Crippen molar-refractivity contribution >= 4 is 27.7 Å². The number of rotatable bonds is 7. The second-order valence-electron chi connectivity index (χ2n) is 4.45. The fourth-order valence-electron chi connectivity index (χ4n) is 1.85. The van der Waals surface area contributed by atoms with Crippen LogP contribution in [0, 0.1) is 0 Å². The molecule has 5 nitrogen and oxygen atoms in total. The van der Waals surface area contributed by atoms with Crippen molar-refractivity contribution < 1.29 is 4.74 Å². The van der Waals surface area contributed by atoms with E-state index >= 15 is 0 Å². The Morgan fingerprint density at radius 1 is 1.19 bits per heavy atom. The fourth-order valence-corrected chi connectivity index (χ4v) is 2.18. The van der Waals surface area contributed by atoms with Crippen LogP contribution < -0.4 is 15.4 Å². The standard InChI is InChI=1S/C15H19BrN4O/c1-3-17-15-19-10-13(16)14(20-15)18-9-8-11-4-6-12(21-2)7-5-11/h4-7,10H,3,8-9H2,1-2H3,(H2,17,18,19,20). The van der Waals surface area contributed by atoms with Crippen LogP contribution >= 0.6 is 15.9 Å². The van der Waals surface area contributed by atoms with Crippen molar-refractivity contribution in [2.45, 2.75) is 13.3 Å². The third kappa shape index (κ3) is 4.60. The Hall–Kier alpha value is -1.82. The van der Waals surface area contributed by atoms with Gasteiger partial charge in [0.05, 0.1) is 11.6 Å². The summed E-state index contributed by atoms with van der Waals surface area (Å²) in [5.41, 5.74) is 1.25. The van der Waals surface area contributed by atoms with Gasteiger partial charge in [0.2, 0.25) is 5.95 Å². The van der Waals surface area contributed by atoms with Crippen molar-refractivity contribution in [2.24, 2.45) is 0 Å². The van der Waals surface area contributed by atoms with E-state index in [2.05, 4.69) is 48.7 Å². The van der Waals surface area contributed by atoms with Gasteiger partial charge in [-0.15, -0.1) is 0 Å². The van der Waals surface area contributed by atoms with E-state index < -0.39 is 0 Å². The van der Waals surface area contributed by atoms with E-state index in [1.165, 1.54) is 5.56 Å². The smallest absolute Gasteiger partial charge is 0.224 e. The summed E-state index contributed by atoms with van der Waals surface area (Å²) in [7, 11) is 1.67. The van der Waals surface area contributed by atoms with Gasteiger partial charge >= 0.3 is 0 Å². The molecule has 1 heterocycles. The summed E-state index contributed by atoms with van der Waals surface area (Å²) in [6, 6.07) is 8.08. The van der Waals surface area contributed by atoms with Crippen LogP contribution in [0.3, 0.4) is 0 Å². The lowest BCUT2D eigenvalue weighted by Gasteiger charge is -2.09. The van der Waals surface area contributed by atoms with Crippen LogP contribution in [-0.4, -0.2) is 30.2 Å². The minimum atomic E-state index is 0.632. The van der Waals surface area contributed by atoms with Crippen LogP contribution in [0.5, 0.6) is 5.75 Å². The van der Waals surface area contributed by atoms with E-state index in [0.29, 0.717) is 5.95 Å². The van der Waals surface area contributed by atoms with Crippen molar-refractivity contribution in [1.82, 2.24) is 9.97 Å². The molecule has 0 bridgehead atoms. The van der Waals surface area contributed by atoms with Crippen molar-refractivity contribution in [2.75, 3.05) is 30.8 Å². The summed E-state index contributed by atoms with van der Waals surface area (Å²) in [6.45, 7) is 3.61. The zero-order valence-corrected chi connectivity index (χ0v) is 13.8. The first-order valence-electron chi connectivity index (χ1n) is 6.86. The summed E-state index contributed by atoms with van der Waals surface area (Å²) < 4.78 is 6.01. The van der Waals surface area contributed by atoms with Gasteiger partial charge in [-0.25, -0.2) is 4.98 Å². The van der Waals surface area contributed by atoms with E-state index in [9.17, 15) is 0 Å². The van der Waals surface area contributed by atoms with Crippen LogP contribution in [0.15, 0.2) is 34.9 Å².